The topological polar surface area (TPSA) is 176 Å². The Morgan fingerprint density at radius 2 is 1.84 bits per heavy atom. The second-order valence-electron chi connectivity index (χ2n) is 19.8. The van der Waals surface area contributed by atoms with Crippen LogP contribution in [-0.2, 0) is 23.1 Å². The predicted molar refractivity (Wildman–Crippen MR) is 263 cm³/mol. The summed E-state index contributed by atoms with van der Waals surface area (Å²) in [6.07, 6.45) is 17.0. The standard InChI is InChI=1S/C57H60N3O8/c1-33-6-3-7-35(22-33)32-68-51-29-40(28-49(65)56(51)66)39-24-36-12-13-37-25-44(61)26-38-14-15-45(54(36)53(37)38)60-52-31-42(18-21-59-52)57(19-4-8-41(57)30-43-9-5-20-58-43)55(48(64)27-39)47(63)17-11-34-10-16-46(62)50(23-34)67-2/h3,5,7,9-10,12-16,18,20-21,23,25-26,28-29,31,33,35-36,39,41,47,55,61-63,65-66H,4,6,8,11,17,19,22,24,27,30,32H2,1-2H3,(H,59,60)/q-1. The summed E-state index contributed by atoms with van der Waals surface area (Å²) in [4.78, 5) is 25.7. The van der Waals surface area contributed by atoms with Crippen LogP contribution in [0.25, 0.3) is 16.8 Å². The number of rotatable bonds is 11. The molecular weight excluding hydrogens is 855 g/mol. The van der Waals surface area contributed by atoms with Crippen LogP contribution in [0.4, 0.5) is 11.5 Å². The molecule has 0 saturated heterocycles. The monoisotopic (exact) mass is 914 g/mol. The van der Waals surface area contributed by atoms with E-state index in [0.717, 1.165) is 70.1 Å². The Morgan fingerprint density at radius 1 is 0.956 bits per heavy atom. The maximum Gasteiger partial charge on any atom is 0.200 e. The fourth-order valence-electron chi connectivity index (χ4n) is 12.3. The SMILES string of the molecule is COc1cc(CCC(O)C2C(=O)CC(c3cc(O)c(O)c(OCC4C=CCC(C)C4)c3)CC3C=Cc4cc(O)cc5ccc(c3c45)Nc3cc(ccn3)C23CCCC3Cc2ccc[n-]2)ccc1O. The number of aromatic hydroxyl groups is 4. The Kier molecular flexibility index (Phi) is 12.4. The highest BCUT2D eigenvalue weighted by atomic mass is 16.5. The average Bonchev–Trinajstić information content (AvgIpc) is 4.01. The summed E-state index contributed by atoms with van der Waals surface area (Å²) in [5.41, 5.74) is 5.24. The van der Waals surface area contributed by atoms with Crippen LogP contribution < -0.4 is 19.8 Å². The third-order valence-electron chi connectivity index (χ3n) is 15.5. The van der Waals surface area contributed by atoms with E-state index in [1.807, 2.05) is 42.5 Å². The number of Topliss-reactive ketones (excluding diaryl/α,β-unsaturated/α-hetero) is 1. The maximum absolute atomic E-state index is 16.1. The van der Waals surface area contributed by atoms with Crippen molar-refractivity contribution in [3.63, 3.8) is 0 Å². The van der Waals surface area contributed by atoms with Crippen LogP contribution >= 0.6 is 0 Å². The number of carbonyl (C=O) groups excluding carboxylic acids is 1. The quantitative estimate of drug-likeness (QED) is 0.0539. The number of pyridine rings is 1. The van der Waals surface area contributed by atoms with Crippen molar-refractivity contribution in [2.75, 3.05) is 19.0 Å². The van der Waals surface area contributed by atoms with Gasteiger partial charge in [-0.1, -0.05) is 61.9 Å². The zero-order valence-electron chi connectivity index (χ0n) is 38.6. The van der Waals surface area contributed by atoms with Crippen LogP contribution in [0.5, 0.6) is 34.5 Å². The van der Waals surface area contributed by atoms with Gasteiger partial charge in [-0.3, -0.25) is 4.79 Å². The molecule has 6 N–H and O–H groups in total. The van der Waals surface area contributed by atoms with Crippen LogP contribution in [0, 0.1) is 23.7 Å². The highest BCUT2D eigenvalue weighted by Crippen LogP contribution is 2.56. The van der Waals surface area contributed by atoms with Gasteiger partial charge in [0.15, 0.2) is 23.0 Å². The lowest BCUT2D eigenvalue weighted by Crippen LogP contribution is -2.50. The van der Waals surface area contributed by atoms with E-state index in [9.17, 15) is 25.5 Å². The van der Waals surface area contributed by atoms with Crippen LogP contribution in [0.1, 0.15) is 104 Å². The number of phenolic OH excluding ortho intramolecular Hbond substituents is 4. The molecule has 352 valence electrons. The van der Waals surface area contributed by atoms with Gasteiger partial charge < -0.3 is 45.3 Å². The van der Waals surface area contributed by atoms with Crippen molar-refractivity contribution in [2.24, 2.45) is 23.7 Å². The van der Waals surface area contributed by atoms with E-state index in [4.69, 9.17) is 19.4 Å². The third kappa shape index (κ3) is 8.68. The highest BCUT2D eigenvalue weighted by Gasteiger charge is 2.54. The van der Waals surface area contributed by atoms with E-state index in [-0.39, 0.29) is 65.1 Å². The summed E-state index contributed by atoms with van der Waals surface area (Å²) >= 11 is 0. The van der Waals surface area contributed by atoms with Gasteiger partial charge in [0.25, 0.3) is 0 Å². The van der Waals surface area contributed by atoms with E-state index >= 15 is 4.79 Å². The summed E-state index contributed by atoms with van der Waals surface area (Å²) in [5.74, 6) is -0.538. The number of nitrogens with zero attached hydrogens (tertiary/aromatic N) is 2. The molecule has 8 unspecified atom stereocenters. The van der Waals surface area contributed by atoms with E-state index in [1.165, 1.54) is 7.11 Å². The Morgan fingerprint density at radius 3 is 2.66 bits per heavy atom. The number of nitrogens with one attached hydrogen (secondary N) is 1. The van der Waals surface area contributed by atoms with Gasteiger partial charge in [0.1, 0.15) is 17.4 Å². The largest absolute Gasteiger partial charge is 0.668 e. The third-order valence-corrected chi connectivity index (χ3v) is 15.5. The second kappa shape index (κ2) is 18.8. The number of phenols is 4. The molecule has 0 amide bonds. The summed E-state index contributed by atoms with van der Waals surface area (Å²) in [6.45, 7) is 2.53. The fourth-order valence-corrected chi connectivity index (χ4v) is 12.3. The van der Waals surface area contributed by atoms with Crippen molar-refractivity contribution < 1.29 is 39.8 Å². The van der Waals surface area contributed by atoms with Gasteiger partial charge in [-0.25, -0.2) is 4.98 Å². The Balaban J connectivity index is 1.13. The van der Waals surface area contributed by atoms with Gasteiger partial charge in [0.05, 0.1) is 25.7 Å². The number of hydrogen-bond donors (Lipinski definition) is 6. The lowest BCUT2D eigenvalue weighted by atomic mass is 9.58. The lowest BCUT2D eigenvalue weighted by molar-refractivity contribution is -0.132. The van der Waals surface area contributed by atoms with Crippen molar-refractivity contribution in [2.45, 2.75) is 94.5 Å². The van der Waals surface area contributed by atoms with Gasteiger partial charge in [0.2, 0.25) is 5.75 Å². The number of aliphatic hydroxyl groups excluding tert-OH is 1. The molecule has 3 heterocycles. The first-order valence-electron chi connectivity index (χ1n) is 24.2. The number of carbonyl (C=O) groups is 1. The summed E-state index contributed by atoms with van der Waals surface area (Å²) < 4.78 is 11.8. The molecule has 1 saturated carbocycles. The van der Waals surface area contributed by atoms with Crippen LogP contribution in [0.15, 0.2) is 109 Å². The number of benzene rings is 4. The number of aryl methyl sites for hydroxylation is 1. The number of hydrogen-bond acceptors (Lipinski definition) is 10. The number of aliphatic hydroxyl groups is 1. The molecule has 2 bridgehead atoms. The van der Waals surface area contributed by atoms with E-state index in [2.05, 4.69) is 36.5 Å². The first-order valence-corrected chi connectivity index (χ1v) is 24.2. The van der Waals surface area contributed by atoms with Crippen LogP contribution in [-0.4, -0.2) is 56.1 Å². The maximum atomic E-state index is 16.1. The molecule has 1 fully saturated rings. The summed E-state index contributed by atoms with van der Waals surface area (Å²) in [5, 5.41) is 62.5. The van der Waals surface area contributed by atoms with E-state index in [0.29, 0.717) is 55.3 Å². The fraction of sp³-hybridized carbons (Fsp3) is 0.368. The zero-order chi connectivity index (χ0) is 47.1. The molecule has 4 aromatic carbocycles. The first kappa shape index (κ1) is 45.1. The summed E-state index contributed by atoms with van der Waals surface area (Å²) in [6, 6.07) is 24.1. The van der Waals surface area contributed by atoms with Crippen molar-refractivity contribution in [1.29, 1.82) is 0 Å². The molecule has 1 spiro atoms. The Bertz CT molecular complexity index is 2890. The van der Waals surface area contributed by atoms with Gasteiger partial charge in [0, 0.05) is 35.6 Å². The highest BCUT2D eigenvalue weighted by molar-refractivity contribution is 6.00. The zero-order valence-corrected chi connectivity index (χ0v) is 38.6. The normalized spacial score (nSPS) is 24.8. The minimum absolute atomic E-state index is 0.0217. The van der Waals surface area contributed by atoms with Crippen molar-refractivity contribution in [3.8, 4) is 34.5 Å². The molecular formula is C57H60N3O8-. The molecule has 1 aliphatic heterocycles. The summed E-state index contributed by atoms with van der Waals surface area (Å²) in [7, 11) is 1.50. The molecule has 10 rings (SSSR count). The molecule has 68 heavy (non-hydrogen) atoms. The number of fused-ring (bicyclic) bond motifs is 3. The van der Waals surface area contributed by atoms with Gasteiger partial charge in [-0.05, 0) is 162 Å². The Labute approximate surface area is 397 Å². The molecule has 11 nitrogen and oxygen atoms in total. The first-order chi connectivity index (χ1) is 33.0. The number of anilines is 2. The molecule has 2 aromatic heterocycles. The van der Waals surface area contributed by atoms with Gasteiger partial charge >= 0.3 is 0 Å². The van der Waals surface area contributed by atoms with E-state index in [1.54, 1.807) is 48.8 Å². The predicted octanol–water partition coefficient (Wildman–Crippen LogP) is 10.9. The van der Waals surface area contributed by atoms with Crippen molar-refractivity contribution >= 4 is 34.1 Å². The molecule has 4 aliphatic rings. The molecule has 6 aromatic rings. The number of ether oxygens (including phenoxy) is 2. The van der Waals surface area contributed by atoms with Crippen LogP contribution in [0.2, 0.25) is 0 Å². The van der Waals surface area contributed by atoms with Crippen molar-refractivity contribution in [1.82, 2.24) is 9.97 Å². The number of aromatic nitrogens is 2. The van der Waals surface area contributed by atoms with Crippen molar-refractivity contribution in [3.05, 3.63) is 143 Å². The number of allylic oxidation sites excluding steroid dienone is 2. The minimum Gasteiger partial charge on any atom is -0.668 e. The van der Waals surface area contributed by atoms with Gasteiger partial charge in [-0.15, -0.1) is 0 Å². The molecule has 0 radical (unpaired) electrons. The molecule has 3 aliphatic carbocycles. The van der Waals surface area contributed by atoms with Crippen LogP contribution in [0.3, 0.4) is 0 Å². The van der Waals surface area contributed by atoms with E-state index < -0.39 is 23.4 Å². The average molecular weight is 915 g/mol. The minimum atomic E-state index is -1.09. The second-order valence-corrected chi connectivity index (χ2v) is 19.8. The Hall–Kier alpha value is -6.72. The number of methoxy groups -OCH3 is 1. The van der Waals surface area contributed by atoms with Gasteiger partial charge in [-0.2, -0.15) is 11.9 Å². The molecule has 11 heteroatoms. The molecule has 8 atom stereocenters. The lowest BCUT2D eigenvalue weighted by Gasteiger charge is -2.45. The number of ketones is 1. The smallest absolute Gasteiger partial charge is 0.200 e.